The largest absolute Gasteiger partial charge is 0.348 e. The van der Waals surface area contributed by atoms with E-state index in [0.29, 0.717) is 6.04 Å². The van der Waals surface area contributed by atoms with Gasteiger partial charge in [0.15, 0.2) is 0 Å². The second-order valence-corrected chi connectivity index (χ2v) is 5.39. The predicted molar refractivity (Wildman–Crippen MR) is 69.7 cm³/mol. The molecule has 0 atom stereocenters. The lowest BCUT2D eigenvalue weighted by Gasteiger charge is -2.33. The van der Waals surface area contributed by atoms with Crippen LogP contribution in [-0.2, 0) is 6.54 Å². The van der Waals surface area contributed by atoms with Crippen molar-refractivity contribution in [2.45, 2.75) is 39.3 Å². The number of nitrogens with one attached hydrogen (secondary N) is 2. The SMILES string of the molecule is CC(C)CN1CCC(NCc2ncc[nH]2)CC1. The fourth-order valence-electron chi connectivity index (χ4n) is 2.47. The Hall–Kier alpha value is -0.870. The van der Waals surface area contributed by atoms with Crippen LogP contribution in [0.15, 0.2) is 12.4 Å². The Bertz CT molecular complexity index is 299. The van der Waals surface area contributed by atoms with E-state index in [4.69, 9.17) is 0 Å². The summed E-state index contributed by atoms with van der Waals surface area (Å²) in [6.45, 7) is 9.15. The summed E-state index contributed by atoms with van der Waals surface area (Å²) in [6, 6.07) is 0.656. The van der Waals surface area contributed by atoms with Gasteiger partial charge in [-0.1, -0.05) is 13.8 Å². The molecule has 0 bridgehead atoms. The van der Waals surface area contributed by atoms with Crippen molar-refractivity contribution in [1.29, 1.82) is 0 Å². The van der Waals surface area contributed by atoms with Crippen molar-refractivity contribution in [3.63, 3.8) is 0 Å². The molecule has 0 aliphatic carbocycles. The summed E-state index contributed by atoms with van der Waals surface area (Å²) in [6.07, 6.45) is 6.20. The summed E-state index contributed by atoms with van der Waals surface area (Å²) < 4.78 is 0. The minimum Gasteiger partial charge on any atom is -0.348 e. The van der Waals surface area contributed by atoms with E-state index in [0.717, 1.165) is 18.3 Å². The first kappa shape index (κ1) is 12.6. The van der Waals surface area contributed by atoms with E-state index in [1.807, 2.05) is 12.4 Å². The van der Waals surface area contributed by atoms with Crippen molar-refractivity contribution in [3.8, 4) is 0 Å². The number of nitrogens with zero attached hydrogens (tertiary/aromatic N) is 2. The van der Waals surface area contributed by atoms with Crippen molar-refractivity contribution < 1.29 is 0 Å². The minimum absolute atomic E-state index is 0.656. The van der Waals surface area contributed by atoms with Gasteiger partial charge in [-0.15, -0.1) is 0 Å². The van der Waals surface area contributed by atoms with Crippen molar-refractivity contribution in [1.82, 2.24) is 20.2 Å². The maximum Gasteiger partial charge on any atom is 0.120 e. The highest BCUT2D eigenvalue weighted by Crippen LogP contribution is 2.12. The van der Waals surface area contributed by atoms with Gasteiger partial charge in [0.2, 0.25) is 0 Å². The number of piperidine rings is 1. The highest BCUT2D eigenvalue weighted by molar-refractivity contribution is 4.88. The van der Waals surface area contributed by atoms with Gasteiger partial charge in [0.05, 0.1) is 6.54 Å². The maximum absolute atomic E-state index is 4.23. The van der Waals surface area contributed by atoms with Crippen LogP contribution >= 0.6 is 0 Å². The molecule has 1 aliphatic heterocycles. The zero-order valence-electron chi connectivity index (χ0n) is 10.9. The van der Waals surface area contributed by atoms with Crippen LogP contribution in [0.4, 0.5) is 0 Å². The maximum atomic E-state index is 4.23. The molecule has 1 fully saturated rings. The van der Waals surface area contributed by atoms with Gasteiger partial charge in [-0.05, 0) is 31.8 Å². The van der Waals surface area contributed by atoms with Crippen LogP contribution in [0.25, 0.3) is 0 Å². The Morgan fingerprint density at radius 2 is 2.24 bits per heavy atom. The van der Waals surface area contributed by atoms with Crippen LogP contribution in [0.5, 0.6) is 0 Å². The molecule has 0 unspecified atom stereocenters. The van der Waals surface area contributed by atoms with E-state index < -0.39 is 0 Å². The summed E-state index contributed by atoms with van der Waals surface area (Å²) in [5.74, 6) is 1.82. The van der Waals surface area contributed by atoms with Gasteiger partial charge < -0.3 is 15.2 Å². The number of likely N-dealkylation sites (tertiary alicyclic amines) is 1. The molecule has 0 amide bonds. The van der Waals surface area contributed by atoms with Gasteiger partial charge in [0, 0.05) is 25.0 Å². The van der Waals surface area contributed by atoms with Gasteiger partial charge >= 0.3 is 0 Å². The Morgan fingerprint density at radius 3 is 2.82 bits per heavy atom. The second-order valence-electron chi connectivity index (χ2n) is 5.39. The standard InChI is InChI=1S/C13H24N4/c1-11(2)10-17-7-3-12(4-8-17)16-9-13-14-5-6-15-13/h5-6,11-12,16H,3-4,7-10H2,1-2H3,(H,14,15). The number of hydrogen-bond donors (Lipinski definition) is 2. The molecule has 0 radical (unpaired) electrons. The summed E-state index contributed by atoms with van der Waals surface area (Å²) in [7, 11) is 0. The minimum atomic E-state index is 0.656. The highest BCUT2D eigenvalue weighted by atomic mass is 15.1. The van der Waals surface area contributed by atoms with Gasteiger partial charge in [-0.25, -0.2) is 4.98 Å². The average Bonchev–Trinajstić information content (AvgIpc) is 2.80. The number of imidazole rings is 1. The molecule has 0 aromatic carbocycles. The third-order valence-corrected chi connectivity index (χ3v) is 3.32. The summed E-state index contributed by atoms with van der Waals surface area (Å²) in [5, 5.41) is 3.58. The Balaban J connectivity index is 1.65. The molecule has 2 rings (SSSR count). The zero-order chi connectivity index (χ0) is 12.1. The molecule has 96 valence electrons. The summed E-state index contributed by atoms with van der Waals surface area (Å²) in [4.78, 5) is 9.93. The van der Waals surface area contributed by atoms with Crippen molar-refractivity contribution >= 4 is 0 Å². The van der Waals surface area contributed by atoms with Crippen LogP contribution in [0.3, 0.4) is 0 Å². The topological polar surface area (TPSA) is 44.0 Å². The fraction of sp³-hybridized carbons (Fsp3) is 0.769. The highest BCUT2D eigenvalue weighted by Gasteiger charge is 2.19. The molecule has 1 aliphatic rings. The average molecular weight is 236 g/mol. The molecule has 1 aromatic rings. The van der Waals surface area contributed by atoms with Gasteiger partial charge in [0.25, 0.3) is 0 Å². The molecule has 0 spiro atoms. The molecule has 4 nitrogen and oxygen atoms in total. The van der Waals surface area contributed by atoms with Crippen LogP contribution in [0.1, 0.15) is 32.5 Å². The molecular weight excluding hydrogens is 212 g/mol. The third-order valence-electron chi connectivity index (χ3n) is 3.32. The lowest BCUT2D eigenvalue weighted by molar-refractivity contribution is 0.179. The molecule has 1 saturated heterocycles. The van der Waals surface area contributed by atoms with E-state index in [9.17, 15) is 0 Å². The predicted octanol–water partition coefficient (Wildman–Crippen LogP) is 1.62. The number of aromatic nitrogens is 2. The van der Waals surface area contributed by atoms with Crippen molar-refractivity contribution in [3.05, 3.63) is 18.2 Å². The lowest BCUT2D eigenvalue weighted by Crippen LogP contribution is -2.43. The van der Waals surface area contributed by atoms with Gasteiger partial charge in [-0.3, -0.25) is 0 Å². The van der Waals surface area contributed by atoms with Crippen LogP contribution in [-0.4, -0.2) is 40.5 Å². The molecular formula is C13H24N4. The fourth-order valence-corrected chi connectivity index (χ4v) is 2.47. The molecule has 1 aromatic heterocycles. The number of aromatic amines is 1. The summed E-state index contributed by atoms with van der Waals surface area (Å²) >= 11 is 0. The van der Waals surface area contributed by atoms with Gasteiger partial charge in [0.1, 0.15) is 5.82 Å². The second kappa shape index (κ2) is 6.17. The van der Waals surface area contributed by atoms with E-state index >= 15 is 0 Å². The smallest absolute Gasteiger partial charge is 0.120 e. The van der Waals surface area contributed by atoms with Crippen molar-refractivity contribution in [2.24, 2.45) is 5.92 Å². The normalized spacial score (nSPS) is 19.0. The lowest BCUT2D eigenvalue weighted by atomic mass is 10.0. The van der Waals surface area contributed by atoms with E-state index in [2.05, 4.69) is 34.0 Å². The molecule has 0 saturated carbocycles. The zero-order valence-corrected chi connectivity index (χ0v) is 10.9. The first-order chi connectivity index (χ1) is 8.24. The summed E-state index contributed by atoms with van der Waals surface area (Å²) in [5.41, 5.74) is 0. The Kier molecular flexibility index (Phi) is 4.57. The van der Waals surface area contributed by atoms with Crippen LogP contribution in [0.2, 0.25) is 0 Å². The number of hydrogen-bond acceptors (Lipinski definition) is 3. The van der Waals surface area contributed by atoms with Gasteiger partial charge in [-0.2, -0.15) is 0 Å². The monoisotopic (exact) mass is 236 g/mol. The quantitative estimate of drug-likeness (QED) is 0.816. The van der Waals surface area contributed by atoms with E-state index in [-0.39, 0.29) is 0 Å². The Labute approximate surface area is 104 Å². The first-order valence-electron chi connectivity index (χ1n) is 6.68. The van der Waals surface area contributed by atoms with Crippen LogP contribution < -0.4 is 5.32 Å². The molecule has 17 heavy (non-hydrogen) atoms. The number of rotatable bonds is 5. The van der Waals surface area contributed by atoms with E-state index in [1.165, 1.54) is 32.5 Å². The van der Waals surface area contributed by atoms with Crippen molar-refractivity contribution in [2.75, 3.05) is 19.6 Å². The molecule has 2 heterocycles. The van der Waals surface area contributed by atoms with E-state index in [1.54, 1.807) is 0 Å². The third kappa shape index (κ3) is 4.13. The first-order valence-corrected chi connectivity index (χ1v) is 6.68. The Morgan fingerprint density at radius 1 is 1.47 bits per heavy atom. The molecule has 2 N–H and O–H groups in total. The number of H-pyrrole nitrogens is 1. The van der Waals surface area contributed by atoms with Crippen LogP contribution in [0, 0.1) is 5.92 Å². The molecule has 4 heteroatoms.